The highest BCUT2D eigenvalue weighted by Crippen LogP contribution is 2.43. The molecule has 6 rings (SSSR count). The molecule has 0 amide bonds. The number of aromatic nitrogens is 5. The van der Waals surface area contributed by atoms with Gasteiger partial charge in [-0.3, -0.25) is 0 Å². The lowest BCUT2D eigenvalue weighted by Crippen LogP contribution is -2.46. The summed E-state index contributed by atoms with van der Waals surface area (Å²) < 4.78 is 26.4. The molecule has 1 atom stereocenters. The van der Waals surface area contributed by atoms with Crippen molar-refractivity contribution in [2.75, 3.05) is 38.7 Å². The van der Waals surface area contributed by atoms with E-state index in [9.17, 15) is 4.39 Å². The van der Waals surface area contributed by atoms with E-state index in [1.807, 2.05) is 18.0 Å². The van der Waals surface area contributed by atoms with E-state index in [0.717, 1.165) is 61.6 Å². The molecule has 11 heteroatoms. The lowest BCUT2D eigenvalue weighted by Gasteiger charge is -2.45. The summed E-state index contributed by atoms with van der Waals surface area (Å²) in [5, 5.41) is 3.78. The van der Waals surface area contributed by atoms with Crippen molar-refractivity contribution in [3.63, 3.8) is 0 Å². The minimum Gasteiger partial charge on any atom is -0.460 e. The molecule has 9 nitrogen and oxygen atoms in total. The molecule has 3 aromatic heterocycles. The first-order chi connectivity index (χ1) is 17.5. The van der Waals surface area contributed by atoms with Gasteiger partial charge in [-0.15, -0.1) is 0 Å². The molecule has 2 aliphatic heterocycles. The van der Waals surface area contributed by atoms with Gasteiger partial charge in [0.1, 0.15) is 11.8 Å². The maximum Gasteiger partial charge on any atom is 0.317 e. The van der Waals surface area contributed by atoms with Crippen LogP contribution in [0.2, 0.25) is 0 Å². The zero-order valence-electron chi connectivity index (χ0n) is 20.3. The summed E-state index contributed by atoms with van der Waals surface area (Å²) in [6, 6.07) is 2.25. The zero-order valence-corrected chi connectivity index (χ0v) is 21.1. The van der Waals surface area contributed by atoms with Gasteiger partial charge >= 0.3 is 6.01 Å². The fourth-order valence-electron chi connectivity index (χ4n) is 5.28. The summed E-state index contributed by atoms with van der Waals surface area (Å²) in [6.45, 7) is 3.00. The van der Waals surface area contributed by atoms with E-state index >= 15 is 0 Å². The SMILES string of the molecule is CN1CC[C@@](F)(Cc2cnc(Nc3ncc(-c4ccnc(OC5CCC6(CC5)COC6)n4)s3)nc2)C1. The van der Waals surface area contributed by atoms with Gasteiger partial charge in [-0.1, -0.05) is 11.3 Å². The van der Waals surface area contributed by atoms with Crippen LogP contribution in [0.15, 0.2) is 30.9 Å². The van der Waals surface area contributed by atoms with E-state index in [1.54, 1.807) is 24.8 Å². The Morgan fingerprint density at radius 1 is 1.14 bits per heavy atom. The third-order valence-corrected chi connectivity index (χ3v) is 8.35. The average molecular weight is 512 g/mol. The van der Waals surface area contributed by atoms with Crippen LogP contribution in [0.5, 0.6) is 6.01 Å². The molecule has 3 aliphatic rings. The fourth-order valence-corrected chi connectivity index (χ4v) is 6.06. The second-order valence-corrected chi connectivity index (χ2v) is 11.5. The van der Waals surface area contributed by atoms with Crippen molar-refractivity contribution in [3.8, 4) is 16.6 Å². The van der Waals surface area contributed by atoms with Gasteiger partial charge in [0.25, 0.3) is 0 Å². The molecule has 190 valence electrons. The van der Waals surface area contributed by atoms with Crippen LogP contribution in [0.1, 0.15) is 37.7 Å². The van der Waals surface area contributed by atoms with Crippen LogP contribution in [-0.4, -0.2) is 74.9 Å². The molecular formula is C25H30FN7O2S. The Bertz CT molecular complexity index is 1200. The maximum absolute atomic E-state index is 14.9. The van der Waals surface area contributed by atoms with E-state index in [1.165, 1.54) is 11.3 Å². The number of halogens is 1. The molecule has 1 spiro atoms. The lowest BCUT2D eigenvalue weighted by molar-refractivity contribution is -0.140. The summed E-state index contributed by atoms with van der Waals surface area (Å²) in [5.74, 6) is 0.426. The van der Waals surface area contributed by atoms with Gasteiger partial charge in [-0.2, -0.15) is 4.98 Å². The van der Waals surface area contributed by atoms with Crippen molar-refractivity contribution >= 4 is 22.4 Å². The number of hydrogen-bond donors (Lipinski definition) is 1. The van der Waals surface area contributed by atoms with Gasteiger partial charge in [-0.05, 0) is 50.8 Å². The first-order valence-electron chi connectivity index (χ1n) is 12.5. The number of hydrogen-bond acceptors (Lipinski definition) is 10. The second kappa shape index (κ2) is 9.60. The molecule has 36 heavy (non-hydrogen) atoms. The van der Waals surface area contributed by atoms with Crippen LogP contribution in [0.3, 0.4) is 0 Å². The van der Waals surface area contributed by atoms with Crippen LogP contribution < -0.4 is 10.1 Å². The third kappa shape index (κ3) is 5.18. The number of ether oxygens (including phenoxy) is 2. The largest absolute Gasteiger partial charge is 0.460 e. The lowest BCUT2D eigenvalue weighted by atomic mass is 9.72. The van der Waals surface area contributed by atoms with E-state index in [2.05, 4.69) is 30.2 Å². The minimum atomic E-state index is -1.21. The molecule has 0 bridgehead atoms. The summed E-state index contributed by atoms with van der Waals surface area (Å²) in [5.41, 5.74) is 0.737. The normalized spacial score (nSPS) is 24.1. The standard InChI is InChI=1S/C25H30FN7O2S/c1-33-9-7-25(26,14-33)10-17-11-28-21(29-12-17)32-23-30-13-20(36-23)19-4-8-27-22(31-19)35-18-2-5-24(6-3-18)15-34-16-24/h4,8,11-13,18H,2-3,5-7,9-10,14-16H2,1H3,(H,28,29,30,32)/t25-/m1/s1. The molecule has 1 saturated carbocycles. The number of rotatable bonds is 7. The highest BCUT2D eigenvalue weighted by molar-refractivity contribution is 7.18. The van der Waals surface area contributed by atoms with Gasteiger partial charge in [0.05, 0.1) is 23.8 Å². The number of nitrogens with zero attached hydrogens (tertiary/aromatic N) is 6. The van der Waals surface area contributed by atoms with Gasteiger partial charge in [-0.25, -0.2) is 24.3 Å². The van der Waals surface area contributed by atoms with E-state index in [-0.39, 0.29) is 6.10 Å². The van der Waals surface area contributed by atoms with Crippen molar-refractivity contribution in [1.29, 1.82) is 0 Å². The predicted molar refractivity (Wildman–Crippen MR) is 134 cm³/mol. The average Bonchev–Trinajstić information content (AvgIpc) is 3.46. The highest BCUT2D eigenvalue weighted by Gasteiger charge is 2.42. The molecule has 0 aromatic carbocycles. The highest BCUT2D eigenvalue weighted by atomic mass is 32.1. The summed E-state index contributed by atoms with van der Waals surface area (Å²) in [6.07, 6.45) is 12.1. The first kappa shape index (κ1) is 23.6. The molecule has 1 aliphatic carbocycles. The van der Waals surface area contributed by atoms with E-state index < -0.39 is 5.67 Å². The number of thiazole rings is 1. The molecule has 5 heterocycles. The topological polar surface area (TPSA) is 98.2 Å². The molecule has 1 N–H and O–H groups in total. The first-order valence-corrected chi connectivity index (χ1v) is 13.3. The third-order valence-electron chi connectivity index (χ3n) is 7.41. The van der Waals surface area contributed by atoms with Crippen molar-refractivity contribution in [2.24, 2.45) is 5.41 Å². The van der Waals surface area contributed by atoms with Crippen LogP contribution >= 0.6 is 11.3 Å². The molecule has 0 radical (unpaired) electrons. The van der Waals surface area contributed by atoms with Crippen LogP contribution in [0.25, 0.3) is 10.6 Å². The minimum absolute atomic E-state index is 0.145. The summed E-state index contributed by atoms with van der Waals surface area (Å²) in [4.78, 5) is 25.0. The van der Waals surface area contributed by atoms with Gasteiger partial charge < -0.3 is 19.7 Å². The van der Waals surface area contributed by atoms with Crippen LogP contribution in [-0.2, 0) is 11.2 Å². The molecule has 3 fully saturated rings. The predicted octanol–water partition coefficient (Wildman–Crippen LogP) is 4.06. The van der Waals surface area contributed by atoms with Crippen LogP contribution in [0.4, 0.5) is 15.5 Å². The van der Waals surface area contributed by atoms with Gasteiger partial charge in [0.15, 0.2) is 5.13 Å². The van der Waals surface area contributed by atoms with Crippen molar-refractivity contribution in [2.45, 2.75) is 50.3 Å². The Labute approximate surface area is 213 Å². The number of anilines is 2. The molecular weight excluding hydrogens is 481 g/mol. The quantitative estimate of drug-likeness (QED) is 0.504. The molecule has 3 aromatic rings. The summed E-state index contributed by atoms with van der Waals surface area (Å²) in [7, 11) is 1.94. The molecule has 0 unspecified atom stereocenters. The van der Waals surface area contributed by atoms with Crippen molar-refractivity contribution in [1.82, 2.24) is 29.8 Å². The number of nitrogens with one attached hydrogen (secondary N) is 1. The van der Waals surface area contributed by atoms with Gasteiger partial charge in [0, 0.05) is 49.7 Å². The van der Waals surface area contributed by atoms with Crippen molar-refractivity contribution < 1.29 is 13.9 Å². The Kier molecular flexibility index (Phi) is 6.30. The van der Waals surface area contributed by atoms with E-state index in [0.29, 0.717) is 41.9 Å². The Balaban J connectivity index is 1.06. The Morgan fingerprint density at radius 2 is 1.94 bits per heavy atom. The van der Waals surface area contributed by atoms with Gasteiger partial charge in [0.2, 0.25) is 5.95 Å². The number of alkyl halides is 1. The van der Waals surface area contributed by atoms with Crippen molar-refractivity contribution in [3.05, 3.63) is 36.4 Å². The number of likely N-dealkylation sites (tertiary alicyclic amines) is 1. The van der Waals surface area contributed by atoms with Crippen LogP contribution in [0, 0.1) is 5.41 Å². The smallest absolute Gasteiger partial charge is 0.317 e. The Morgan fingerprint density at radius 3 is 2.64 bits per heavy atom. The van der Waals surface area contributed by atoms with E-state index in [4.69, 9.17) is 9.47 Å². The molecule has 2 saturated heterocycles. The summed E-state index contributed by atoms with van der Waals surface area (Å²) >= 11 is 1.45. The monoisotopic (exact) mass is 511 g/mol. The fraction of sp³-hybridized carbons (Fsp3) is 0.560. The second-order valence-electron chi connectivity index (χ2n) is 10.4. The zero-order chi connectivity index (χ0) is 24.6. The maximum atomic E-state index is 14.9. The Hall–Kier alpha value is -2.76.